The average Bonchev–Trinajstić information content (AvgIpc) is 2.53. The third kappa shape index (κ3) is 7.03. The van der Waals surface area contributed by atoms with E-state index in [1.165, 1.54) is 12.1 Å². The summed E-state index contributed by atoms with van der Waals surface area (Å²) in [6.45, 7) is 1.49. The molecule has 7 nitrogen and oxygen atoms in total. The van der Waals surface area contributed by atoms with E-state index in [-0.39, 0.29) is 17.3 Å². The molecule has 8 heteroatoms. The number of carbonyl (C=O) groups excluding carboxylic acids is 1. The largest absolute Gasteiger partial charge is 0.480 e. The van der Waals surface area contributed by atoms with Gasteiger partial charge in [0.2, 0.25) is 0 Å². The van der Waals surface area contributed by atoms with Crippen molar-refractivity contribution in [3.8, 4) is 0 Å². The van der Waals surface area contributed by atoms with Crippen LogP contribution < -0.4 is 5.32 Å². The van der Waals surface area contributed by atoms with Gasteiger partial charge in [-0.1, -0.05) is 35.9 Å². The molecule has 0 aromatic heterocycles. The molecule has 2 aromatic rings. The number of benzene rings is 2. The number of amides is 1. The predicted molar refractivity (Wildman–Crippen MR) is 87.4 cm³/mol. The van der Waals surface area contributed by atoms with Crippen molar-refractivity contribution in [2.45, 2.75) is 11.8 Å². The second kappa shape index (κ2) is 8.80. The fourth-order valence-corrected chi connectivity index (χ4v) is 2.04. The summed E-state index contributed by atoms with van der Waals surface area (Å²) in [5.74, 6) is -1.42. The van der Waals surface area contributed by atoms with Crippen LogP contribution in [0.5, 0.6) is 0 Å². The van der Waals surface area contributed by atoms with Crippen LogP contribution in [0.25, 0.3) is 0 Å². The van der Waals surface area contributed by atoms with Crippen LogP contribution in [-0.4, -0.2) is 36.5 Å². The molecule has 0 radical (unpaired) electrons. The first-order valence-corrected chi connectivity index (χ1v) is 8.23. The highest BCUT2D eigenvalue weighted by Crippen LogP contribution is 2.08. The van der Waals surface area contributed by atoms with E-state index in [2.05, 4.69) is 5.32 Å². The normalized spacial score (nSPS) is 10.2. The van der Waals surface area contributed by atoms with Crippen LogP contribution in [0.2, 0.25) is 0 Å². The van der Waals surface area contributed by atoms with E-state index in [9.17, 15) is 18.0 Å². The molecule has 2 rings (SSSR count). The molecule has 0 heterocycles. The van der Waals surface area contributed by atoms with Crippen molar-refractivity contribution in [3.05, 3.63) is 65.7 Å². The van der Waals surface area contributed by atoms with Gasteiger partial charge in [-0.2, -0.15) is 8.42 Å². The second-order valence-corrected chi connectivity index (χ2v) is 6.15. The molecule has 2 aromatic carbocycles. The van der Waals surface area contributed by atoms with Gasteiger partial charge in [0.1, 0.15) is 6.54 Å². The van der Waals surface area contributed by atoms with E-state index in [0.717, 1.165) is 5.56 Å². The number of nitrogens with one attached hydrogen (secondary N) is 1. The number of aliphatic carboxylic acids is 1. The maximum absolute atomic E-state index is 11.2. The Balaban J connectivity index is 0.000000243. The third-order valence-electron chi connectivity index (χ3n) is 2.75. The Bertz CT molecular complexity index is 785. The van der Waals surface area contributed by atoms with E-state index in [4.69, 9.17) is 9.66 Å². The van der Waals surface area contributed by atoms with Gasteiger partial charge in [0.15, 0.2) is 0 Å². The van der Waals surface area contributed by atoms with E-state index in [1.807, 2.05) is 6.92 Å². The first-order valence-electron chi connectivity index (χ1n) is 6.79. The summed E-state index contributed by atoms with van der Waals surface area (Å²) in [6.07, 6.45) is 0. The minimum atomic E-state index is -4.02. The third-order valence-corrected chi connectivity index (χ3v) is 3.62. The Labute approximate surface area is 139 Å². The molecular weight excluding hydrogens is 334 g/mol. The fraction of sp³-hybridized carbons (Fsp3) is 0.125. The lowest BCUT2D eigenvalue weighted by molar-refractivity contribution is -0.135. The van der Waals surface area contributed by atoms with Crippen molar-refractivity contribution in [1.29, 1.82) is 0 Å². The first kappa shape index (κ1) is 19.3. The molecule has 0 spiro atoms. The molecule has 0 unspecified atom stereocenters. The fourth-order valence-electron chi connectivity index (χ4n) is 1.56. The number of aryl methyl sites for hydroxylation is 1. The van der Waals surface area contributed by atoms with Gasteiger partial charge in [0, 0.05) is 5.56 Å². The van der Waals surface area contributed by atoms with Gasteiger partial charge in [0.05, 0.1) is 4.90 Å². The molecule has 0 aliphatic rings. The van der Waals surface area contributed by atoms with Gasteiger partial charge in [-0.15, -0.1) is 0 Å². The van der Waals surface area contributed by atoms with Crippen molar-refractivity contribution in [2.24, 2.45) is 0 Å². The number of carboxylic acid groups (broad SMARTS) is 1. The monoisotopic (exact) mass is 351 g/mol. The van der Waals surface area contributed by atoms with E-state index in [0.29, 0.717) is 5.56 Å². The average molecular weight is 351 g/mol. The number of carbonyl (C=O) groups is 2. The highest BCUT2D eigenvalue weighted by Gasteiger charge is 2.07. The number of rotatable bonds is 4. The lowest BCUT2D eigenvalue weighted by Crippen LogP contribution is -2.29. The molecular formula is C16H17NO6S. The minimum Gasteiger partial charge on any atom is -0.480 e. The van der Waals surface area contributed by atoms with Gasteiger partial charge in [0.25, 0.3) is 16.0 Å². The highest BCUT2D eigenvalue weighted by atomic mass is 32.2. The van der Waals surface area contributed by atoms with Crippen LogP contribution >= 0.6 is 0 Å². The SMILES string of the molecule is Cc1ccc(S(=O)(=O)O)cc1.O=C(O)CNC(=O)c1ccccc1. The zero-order valence-electron chi connectivity index (χ0n) is 12.8. The quantitative estimate of drug-likeness (QED) is 0.722. The van der Waals surface area contributed by atoms with Crippen molar-refractivity contribution >= 4 is 22.0 Å². The molecule has 3 N–H and O–H groups in total. The maximum Gasteiger partial charge on any atom is 0.322 e. The molecule has 0 bridgehead atoms. The molecule has 128 valence electrons. The van der Waals surface area contributed by atoms with Crippen LogP contribution in [0.4, 0.5) is 0 Å². The van der Waals surface area contributed by atoms with E-state index in [1.54, 1.807) is 42.5 Å². The molecule has 0 saturated carbocycles. The Hall–Kier alpha value is -2.71. The summed E-state index contributed by atoms with van der Waals surface area (Å²) in [5.41, 5.74) is 1.42. The zero-order chi connectivity index (χ0) is 18.2. The van der Waals surface area contributed by atoms with Crippen LogP contribution in [0.15, 0.2) is 59.5 Å². The summed E-state index contributed by atoms with van der Waals surface area (Å²) in [6, 6.07) is 14.5. The summed E-state index contributed by atoms with van der Waals surface area (Å²) in [4.78, 5) is 21.2. The minimum absolute atomic E-state index is 0.0666. The van der Waals surface area contributed by atoms with Crippen molar-refractivity contribution in [3.63, 3.8) is 0 Å². The zero-order valence-corrected chi connectivity index (χ0v) is 13.7. The molecule has 0 aliphatic heterocycles. The van der Waals surface area contributed by atoms with Gasteiger partial charge >= 0.3 is 5.97 Å². The first-order chi connectivity index (χ1) is 11.2. The summed E-state index contributed by atoms with van der Waals surface area (Å²) >= 11 is 0. The maximum atomic E-state index is 11.2. The number of hydrogen-bond acceptors (Lipinski definition) is 4. The highest BCUT2D eigenvalue weighted by molar-refractivity contribution is 7.85. The Morgan fingerprint density at radius 3 is 2.00 bits per heavy atom. The summed E-state index contributed by atoms with van der Waals surface area (Å²) < 4.78 is 29.6. The van der Waals surface area contributed by atoms with E-state index >= 15 is 0 Å². The molecule has 0 saturated heterocycles. The molecule has 0 aliphatic carbocycles. The molecule has 0 atom stereocenters. The molecule has 0 fully saturated rings. The summed E-state index contributed by atoms with van der Waals surface area (Å²) in [7, 11) is -4.02. The van der Waals surface area contributed by atoms with E-state index < -0.39 is 16.1 Å². The topological polar surface area (TPSA) is 121 Å². The Morgan fingerprint density at radius 2 is 1.54 bits per heavy atom. The predicted octanol–water partition coefficient (Wildman–Crippen LogP) is 1.74. The van der Waals surface area contributed by atoms with Crippen LogP contribution in [0.3, 0.4) is 0 Å². The van der Waals surface area contributed by atoms with Crippen LogP contribution in [-0.2, 0) is 14.9 Å². The Morgan fingerprint density at radius 1 is 1.00 bits per heavy atom. The van der Waals surface area contributed by atoms with Crippen molar-refractivity contribution in [2.75, 3.05) is 6.54 Å². The lowest BCUT2D eigenvalue weighted by Gasteiger charge is -2.00. The van der Waals surface area contributed by atoms with Gasteiger partial charge in [-0.3, -0.25) is 14.1 Å². The standard InChI is InChI=1S/C9H9NO3.C7H8O3S/c11-8(12)6-10-9(13)7-4-2-1-3-5-7;1-6-2-4-7(5-3-6)11(8,9)10/h1-5H,6H2,(H,10,13)(H,11,12);2-5H,1H3,(H,8,9,10). The molecule has 1 amide bonds. The van der Waals surface area contributed by atoms with Crippen LogP contribution in [0, 0.1) is 6.92 Å². The lowest BCUT2D eigenvalue weighted by atomic mass is 10.2. The van der Waals surface area contributed by atoms with Crippen LogP contribution in [0.1, 0.15) is 15.9 Å². The van der Waals surface area contributed by atoms with Gasteiger partial charge in [-0.05, 0) is 31.2 Å². The molecule has 24 heavy (non-hydrogen) atoms. The van der Waals surface area contributed by atoms with Gasteiger partial charge in [-0.25, -0.2) is 0 Å². The number of carboxylic acids is 1. The van der Waals surface area contributed by atoms with Crippen molar-refractivity contribution < 1.29 is 27.7 Å². The Kier molecular flexibility index (Phi) is 7.09. The second-order valence-electron chi connectivity index (χ2n) is 4.73. The smallest absolute Gasteiger partial charge is 0.322 e. The number of hydrogen-bond donors (Lipinski definition) is 3. The summed E-state index contributed by atoms with van der Waals surface area (Å²) in [5, 5.41) is 10.6. The van der Waals surface area contributed by atoms with Crippen molar-refractivity contribution in [1.82, 2.24) is 5.32 Å². The van der Waals surface area contributed by atoms with Gasteiger partial charge < -0.3 is 10.4 Å².